The molecule has 0 spiro atoms. The van der Waals surface area contributed by atoms with Crippen molar-refractivity contribution in [1.82, 2.24) is 20.1 Å². The molecule has 2 aromatic heterocycles. The SMILES string of the molecule is Cc1sc2c(c1C)[C@H](c1ccc(Cl)cc1)N[C@@H](CC(=O)O)c1nnc(C)n1-2. The van der Waals surface area contributed by atoms with Crippen LogP contribution in [0, 0.1) is 20.8 Å². The number of fused-ring (bicyclic) bond motifs is 3. The van der Waals surface area contributed by atoms with Crippen LogP contribution in [0.25, 0.3) is 5.00 Å². The first kappa shape index (κ1) is 18.2. The fourth-order valence-corrected chi connectivity index (χ4v) is 4.97. The standard InChI is InChI=1S/C19H19ClN4O2S/c1-9-10(2)27-19-16(9)17(12-4-6-13(20)7-5-12)21-14(8-15(25)26)18-23-22-11(3)24(18)19/h4-7,14,17,21H,8H2,1-3H3,(H,25,26)/t14-,17-/m0/s1. The van der Waals surface area contributed by atoms with Crippen LogP contribution in [0.5, 0.6) is 0 Å². The van der Waals surface area contributed by atoms with E-state index in [9.17, 15) is 9.90 Å². The van der Waals surface area contributed by atoms with E-state index in [0.29, 0.717) is 10.8 Å². The second kappa shape index (κ2) is 6.74. The number of thiophene rings is 1. The van der Waals surface area contributed by atoms with Crippen molar-refractivity contribution in [3.8, 4) is 5.00 Å². The summed E-state index contributed by atoms with van der Waals surface area (Å²) in [5.74, 6) is 0.503. The molecule has 27 heavy (non-hydrogen) atoms. The lowest BCUT2D eigenvalue weighted by molar-refractivity contribution is -0.137. The number of carboxylic acids is 1. The zero-order valence-corrected chi connectivity index (χ0v) is 16.7. The minimum Gasteiger partial charge on any atom is -0.481 e. The monoisotopic (exact) mass is 402 g/mol. The molecule has 0 saturated carbocycles. The number of nitrogens with zero attached hydrogens (tertiary/aromatic N) is 3. The van der Waals surface area contributed by atoms with Crippen LogP contribution in [-0.4, -0.2) is 25.8 Å². The predicted octanol–water partition coefficient (Wildman–Crippen LogP) is 4.12. The van der Waals surface area contributed by atoms with Gasteiger partial charge in [-0.15, -0.1) is 21.5 Å². The molecule has 6 nitrogen and oxygen atoms in total. The number of hydrogen-bond donors (Lipinski definition) is 2. The topological polar surface area (TPSA) is 80.0 Å². The smallest absolute Gasteiger partial charge is 0.305 e. The summed E-state index contributed by atoms with van der Waals surface area (Å²) in [5.41, 5.74) is 3.36. The molecule has 3 aromatic rings. The highest BCUT2D eigenvalue weighted by molar-refractivity contribution is 7.14. The van der Waals surface area contributed by atoms with Gasteiger partial charge in [0.2, 0.25) is 0 Å². The van der Waals surface area contributed by atoms with Crippen LogP contribution < -0.4 is 5.32 Å². The molecule has 4 rings (SSSR count). The summed E-state index contributed by atoms with van der Waals surface area (Å²) in [6, 6.07) is 7.06. The molecule has 0 saturated heterocycles. The molecule has 0 fully saturated rings. The predicted molar refractivity (Wildman–Crippen MR) is 105 cm³/mol. The summed E-state index contributed by atoms with van der Waals surface area (Å²) in [5, 5.41) is 23.2. The van der Waals surface area contributed by atoms with E-state index in [-0.39, 0.29) is 12.5 Å². The van der Waals surface area contributed by atoms with Gasteiger partial charge in [0.05, 0.1) is 18.5 Å². The molecule has 0 amide bonds. The Hall–Kier alpha value is -2.22. The summed E-state index contributed by atoms with van der Waals surface area (Å²) >= 11 is 7.76. The number of nitrogens with one attached hydrogen (secondary N) is 1. The van der Waals surface area contributed by atoms with Crippen LogP contribution in [-0.2, 0) is 4.79 Å². The van der Waals surface area contributed by atoms with Crippen LogP contribution in [0.4, 0.5) is 0 Å². The van der Waals surface area contributed by atoms with Gasteiger partial charge in [0.15, 0.2) is 5.82 Å². The van der Waals surface area contributed by atoms with Crippen LogP contribution in [0.2, 0.25) is 5.02 Å². The minimum atomic E-state index is -0.882. The van der Waals surface area contributed by atoms with E-state index >= 15 is 0 Å². The second-order valence-corrected chi connectivity index (χ2v) is 8.38. The highest BCUT2D eigenvalue weighted by atomic mass is 35.5. The maximum Gasteiger partial charge on any atom is 0.305 e. The molecular formula is C19H19ClN4O2S. The van der Waals surface area contributed by atoms with Gasteiger partial charge >= 0.3 is 5.97 Å². The van der Waals surface area contributed by atoms with Crippen LogP contribution >= 0.6 is 22.9 Å². The fraction of sp³-hybridized carbons (Fsp3) is 0.316. The first-order valence-electron chi connectivity index (χ1n) is 8.62. The van der Waals surface area contributed by atoms with E-state index in [1.54, 1.807) is 11.3 Å². The van der Waals surface area contributed by atoms with E-state index in [0.717, 1.165) is 22.0 Å². The highest BCUT2D eigenvalue weighted by Crippen LogP contribution is 2.43. The molecule has 1 aliphatic heterocycles. The minimum absolute atomic E-state index is 0.0742. The third-order valence-corrected chi connectivity index (χ3v) is 6.48. The van der Waals surface area contributed by atoms with Gasteiger partial charge in [0.1, 0.15) is 10.8 Å². The number of rotatable bonds is 3. The summed E-state index contributed by atoms with van der Waals surface area (Å²) in [7, 11) is 0. The highest BCUT2D eigenvalue weighted by Gasteiger charge is 2.35. The molecule has 8 heteroatoms. The van der Waals surface area contributed by atoms with Crippen molar-refractivity contribution in [2.45, 2.75) is 39.3 Å². The lowest BCUT2D eigenvalue weighted by Gasteiger charge is -2.23. The van der Waals surface area contributed by atoms with Crippen LogP contribution in [0.15, 0.2) is 24.3 Å². The number of aromatic nitrogens is 3. The Morgan fingerprint density at radius 1 is 1.26 bits per heavy atom. The maximum atomic E-state index is 11.5. The number of aryl methyl sites for hydroxylation is 2. The zero-order valence-electron chi connectivity index (χ0n) is 15.2. The van der Waals surface area contributed by atoms with Crippen molar-refractivity contribution in [1.29, 1.82) is 0 Å². The second-order valence-electron chi connectivity index (χ2n) is 6.74. The van der Waals surface area contributed by atoms with E-state index in [2.05, 4.69) is 29.4 Å². The maximum absolute atomic E-state index is 11.5. The van der Waals surface area contributed by atoms with Crippen molar-refractivity contribution >= 4 is 28.9 Å². The molecular weight excluding hydrogens is 384 g/mol. The molecule has 0 aliphatic carbocycles. The molecule has 2 atom stereocenters. The van der Waals surface area contributed by atoms with Gasteiger partial charge in [-0.1, -0.05) is 23.7 Å². The first-order valence-corrected chi connectivity index (χ1v) is 9.81. The van der Waals surface area contributed by atoms with Gasteiger partial charge in [-0.05, 0) is 44.0 Å². The Kier molecular flexibility index (Phi) is 4.53. The molecule has 1 aromatic carbocycles. The normalized spacial score (nSPS) is 18.7. The number of carbonyl (C=O) groups is 1. The first-order chi connectivity index (χ1) is 12.9. The quantitative estimate of drug-likeness (QED) is 0.688. The number of carboxylic acid groups (broad SMARTS) is 1. The van der Waals surface area contributed by atoms with Gasteiger partial charge in [-0.3, -0.25) is 14.7 Å². The van der Waals surface area contributed by atoms with Crippen molar-refractivity contribution in [3.63, 3.8) is 0 Å². The van der Waals surface area contributed by atoms with Crippen molar-refractivity contribution in [2.24, 2.45) is 0 Å². The van der Waals surface area contributed by atoms with E-state index in [1.807, 2.05) is 35.8 Å². The number of aliphatic carboxylic acids is 1. The Morgan fingerprint density at radius 2 is 1.96 bits per heavy atom. The molecule has 140 valence electrons. The Bertz CT molecular complexity index is 1030. The summed E-state index contributed by atoms with van der Waals surface area (Å²) < 4.78 is 2.00. The summed E-state index contributed by atoms with van der Waals surface area (Å²) in [6.07, 6.45) is -0.0742. The zero-order chi connectivity index (χ0) is 19.3. The lowest BCUT2D eigenvalue weighted by Crippen LogP contribution is -2.29. The van der Waals surface area contributed by atoms with Crippen LogP contribution in [0.3, 0.4) is 0 Å². The molecule has 1 aliphatic rings. The average molecular weight is 403 g/mol. The Balaban J connectivity index is 1.96. The number of benzene rings is 1. The van der Waals surface area contributed by atoms with Crippen molar-refractivity contribution in [2.75, 3.05) is 0 Å². The van der Waals surface area contributed by atoms with Crippen molar-refractivity contribution in [3.05, 3.63) is 62.5 Å². The van der Waals surface area contributed by atoms with E-state index in [1.165, 1.54) is 10.4 Å². The number of halogens is 1. The lowest BCUT2D eigenvalue weighted by atomic mass is 9.96. The van der Waals surface area contributed by atoms with E-state index in [4.69, 9.17) is 11.6 Å². The largest absolute Gasteiger partial charge is 0.481 e. The fourth-order valence-electron chi connectivity index (χ4n) is 3.59. The van der Waals surface area contributed by atoms with Crippen molar-refractivity contribution < 1.29 is 9.90 Å². The Morgan fingerprint density at radius 3 is 2.63 bits per heavy atom. The molecule has 2 N–H and O–H groups in total. The third kappa shape index (κ3) is 3.05. The molecule has 0 radical (unpaired) electrons. The summed E-state index contributed by atoms with van der Waals surface area (Å²) in [6.45, 7) is 6.10. The number of hydrogen-bond acceptors (Lipinski definition) is 5. The van der Waals surface area contributed by atoms with Gasteiger partial charge in [0, 0.05) is 15.5 Å². The average Bonchev–Trinajstić information content (AvgIpc) is 3.08. The molecule has 0 bridgehead atoms. The van der Waals surface area contributed by atoms with Gasteiger partial charge in [-0.2, -0.15) is 0 Å². The van der Waals surface area contributed by atoms with Gasteiger partial charge < -0.3 is 5.11 Å². The van der Waals surface area contributed by atoms with Gasteiger partial charge in [0.25, 0.3) is 0 Å². The van der Waals surface area contributed by atoms with E-state index < -0.39 is 12.0 Å². The third-order valence-electron chi connectivity index (χ3n) is 5.02. The molecule has 3 heterocycles. The summed E-state index contributed by atoms with van der Waals surface area (Å²) in [4.78, 5) is 12.7. The Labute approximate surface area is 165 Å². The molecule has 0 unspecified atom stereocenters. The van der Waals surface area contributed by atoms with Crippen LogP contribution in [0.1, 0.15) is 51.7 Å². The van der Waals surface area contributed by atoms with Gasteiger partial charge in [-0.25, -0.2) is 0 Å².